The van der Waals surface area contributed by atoms with Crippen LogP contribution in [-0.2, 0) is 4.79 Å². The highest BCUT2D eigenvalue weighted by molar-refractivity contribution is 5.84. The molecule has 4 aliphatic carbocycles. The van der Waals surface area contributed by atoms with Crippen molar-refractivity contribution in [3.63, 3.8) is 0 Å². The Kier molecular flexibility index (Phi) is 1.68. The first kappa shape index (κ1) is 8.78. The summed E-state index contributed by atoms with van der Waals surface area (Å²) >= 11 is 0. The van der Waals surface area contributed by atoms with Crippen LogP contribution in [0.2, 0.25) is 0 Å². The van der Waals surface area contributed by atoms with E-state index < -0.39 is 0 Å². The molecule has 15 heavy (non-hydrogen) atoms. The minimum Gasteiger partial charge on any atom is -0.299 e. The van der Waals surface area contributed by atoms with E-state index in [4.69, 9.17) is 0 Å². The van der Waals surface area contributed by atoms with Crippen molar-refractivity contribution < 1.29 is 4.79 Å². The van der Waals surface area contributed by atoms with Gasteiger partial charge < -0.3 is 0 Å². The van der Waals surface area contributed by atoms with Crippen LogP contribution in [-0.4, -0.2) is 5.78 Å². The Labute approximate surface area is 91.6 Å². The maximum Gasteiger partial charge on any atom is 0.136 e. The molecule has 0 aromatic carbocycles. The molecule has 6 atom stereocenters. The van der Waals surface area contributed by atoms with Crippen LogP contribution in [0.25, 0.3) is 0 Å². The second-order valence-electron chi connectivity index (χ2n) is 6.52. The molecule has 2 bridgehead atoms. The summed E-state index contributed by atoms with van der Waals surface area (Å²) in [6.45, 7) is 0. The SMILES string of the molecule is O=C1CC2CC1C1CC3CCCC3CC21. The van der Waals surface area contributed by atoms with E-state index in [1.807, 2.05) is 0 Å². The molecule has 4 rings (SSSR count). The highest BCUT2D eigenvalue weighted by Crippen LogP contribution is 2.60. The van der Waals surface area contributed by atoms with Crippen LogP contribution in [0.3, 0.4) is 0 Å². The third-order valence-electron chi connectivity index (χ3n) is 6.07. The van der Waals surface area contributed by atoms with Crippen LogP contribution in [0.15, 0.2) is 0 Å². The topological polar surface area (TPSA) is 17.1 Å². The Balaban J connectivity index is 1.63. The minimum absolute atomic E-state index is 0.515. The van der Waals surface area contributed by atoms with Crippen LogP contribution in [0.1, 0.15) is 44.9 Å². The zero-order chi connectivity index (χ0) is 9.99. The Morgan fingerprint density at radius 3 is 2.40 bits per heavy atom. The van der Waals surface area contributed by atoms with E-state index in [9.17, 15) is 4.79 Å². The average molecular weight is 204 g/mol. The van der Waals surface area contributed by atoms with E-state index in [0.29, 0.717) is 11.7 Å². The molecule has 0 saturated heterocycles. The molecule has 0 amide bonds. The standard InChI is InChI=1S/C14H20O/c15-14-7-10-6-13(14)12-5-9-3-1-2-8(9)4-11(10)12/h8-13H,1-7H2. The molecule has 1 heteroatoms. The predicted molar refractivity (Wildman–Crippen MR) is 58.3 cm³/mol. The molecular weight excluding hydrogens is 184 g/mol. The number of fused-ring (bicyclic) bond motifs is 6. The third kappa shape index (κ3) is 1.07. The second kappa shape index (κ2) is 2.87. The summed E-state index contributed by atoms with van der Waals surface area (Å²) in [7, 11) is 0. The molecule has 4 aliphatic rings. The maximum atomic E-state index is 11.8. The molecule has 0 aromatic rings. The lowest BCUT2D eigenvalue weighted by molar-refractivity contribution is -0.125. The van der Waals surface area contributed by atoms with Gasteiger partial charge in [-0.15, -0.1) is 0 Å². The number of hydrogen-bond donors (Lipinski definition) is 0. The van der Waals surface area contributed by atoms with E-state index in [2.05, 4.69) is 0 Å². The Morgan fingerprint density at radius 2 is 1.60 bits per heavy atom. The van der Waals surface area contributed by atoms with Crippen molar-refractivity contribution in [2.24, 2.45) is 35.5 Å². The summed E-state index contributed by atoms with van der Waals surface area (Å²) in [4.78, 5) is 11.8. The fraction of sp³-hybridized carbons (Fsp3) is 0.929. The number of carbonyl (C=O) groups excluding carboxylic acids is 1. The zero-order valence-corrected chi connectivity index (χ0v) is 9.32. The van der Waals surface area contributed by atoms with Crippen molar-refractivity contribution >= 4 is 5.78 Å². The van der Waals surface area contributed by atoms with Crippen LogP contribution < -0.4 is 0 Å². The van der Waals surface area contributed by atoms with Gasteiger partial charge in [0, 0.05) is 12.3 Å². The predicted octanol–water partition coefficient (Wildman–Crippen LogP) is 3.04. The minimum atomic E-state index is 0.515. The molecule has 82 valence electrons. The van der Waals surface area contributed by atoms with Crippen molar-refractivity contribution in [3.8, 4) is 0 Å². The van der Waals surface area contributed by atoms with Gasteiger partial charge in [0.15, 0.2) is 0 Å². The molecule has 0 radical (unpaired) electrons. The van der Waals surface area contributed by atoms with Crippen LogP contribution in [0, 0.1) is 35.5 Å². The number of carbonyl (C=O) groups is 1. The smallest absolute Gasteiger partial charge is 0.136 e. The van der Waals surface area contributed by atoms with Crippen molar-refractivity contribution in [3.05, 3.63) is 0 Å². The molecule has 0 aromatic heterocycles. The highest BCUT2D eigenvalue weighted by Gasteiger charge is 2.55. The lowest BCUT2D eigenvalue weighted by Gasteiger charge is -2.40. The van der Waals surface area contributed by atoms with Crippen molar-refractivity contribution in [1.82, 2.24) is 0 Å². The van der Waals surface area contributed by atoms with Crippen LogP contribution in [0.4, 0.5) is 0 Å². The molecule has 4 fully saturated rings. The van der Waals surface area contributed by atoms with Gasteiger partial charge in [0.2, 0.25) is 0 Å². The number of hydrogen-bond acceptors (Lipinski definition) is 1. The van der Waals surface area contributed by atoms with Gasteiger partial charge in [-0.3, -0.25) is 4.79 Å². The van der Waals surface area contributed by atoms with Gasteiger partial charge >= 0.3 is 0 Å². The van der Waals surface area contributed by atoms with Gasteiger partial charge in [-0.25, -0.2) is 0 Å². The molecule has 4 saturated carbocycles. The fourth-order valence-electron chi connectivity index (χ4n) is 5.48. The summed E-state index contributed by atoms with van der Waals surface area (Å²) in [6, 6.07) is 0. The van der Waals surface area contributed by atoms with Crippen molar-refractivity contribution in [2.45, 2.75) is 44.9 Å². The molecule has 0 heterocycles. The van der Waals surface area contributed by atoms with Gasteiger partial charge in [0.05, 0.1) is 0 Å². The highest BCUT2D eigenvalue weighted by atomic mass is 16.1. The van der Waals surface area contributed by atoms with Gasteiger partial charge in [0.25, 0.3) is 0 Å². The summed E-state index contributed by atoms with van der Waals surface area (Å²) < 4.78 is 0. The maximum absolute atomic E-state index is 11.8. The van der Waals surface area contributed by atoms with Crippen LogP contribution in [0.5, 0.6) is 0 Å². The first-order valence-corrected chi connectivity index (χ1v) is 6.85. The first-order chi connectivity index (χ1) is 7.33. The second-order valence-corrected chi connectivity index (χ2v) is 6.52. The monoisotopic (exact) mass is 204 g/mol. The zero-order valence-electron chi connectivity index (χ0n) is 9.32. The molecule has 0 spiro atoms. The lowest BCUT2D eigenvalue weighted by Crippen LogP contribution is -2.36. The van der Waals surface area contributed by atoms with Gasteiger partial charge in [-0.05, 0) is 48.9 Å². The summed E-state index contributed by atoms with van der Waals surface area (Å²) in [5.41, 5.74) is 0. The average Bonchev–Trinajstić information content (AvgIpc) is 2.87. The molecular formula is C14H20O. The van der Waals surface area contributed by atoms with E-state index >= 15 is 0 Å². The molecule has 0 aliphatic heterocycles. The third-order valence-corrected chi connectivity index (χ3v) is 6.07. The van der Waals surface area contributed by atoms with Gasteiger partial charge in [-0.2, -0.15) is 0 Å². The molecule has 1 nitrogen and oxygen atoms in total. The van der Waals surface area contributed by atoms with E-state index in [1.165, 1.54) is 38.5 Å². The summed E-state index contributed by atoms with van der Waals surface area (Å²) in [5.74, 6) is 5.81. The number of ketones is 1. The summed E-state index contributed by atoms with van der Waals surface area (Å²) in [5, 5.41) is 0. The van der Waals surface area contributed by atoms with E-state index in [1.54, 1.807) is 0 Å². The van der Waals surface area contributed by atoms with Gasteiger partial charge in [-0.1, -0.05) is 19.3 Å². The van der Waals surface area contributed by atoms with Crippen molar-refractivity contribution in [2.75, 3.05) is 0 Å². The number of Topliss-reactive ketones (excluding diaryl/α,β-unsaturated/α-hetero) is 1. The quantitative estimate of drug-likeness (QED) is 0.592. The fourth-order valence-corrected chi connectivity index (χ4v) is 5.48. The number of rotatable bonds is 0. The van der Waals surface area contributed by atoms with E-state index in [0.717, 1.165) is 36.0 Å². The van der Waals surface area contributed by atoms with Gasteiger partial charge in [0.1, 0.15) is 5.78 Å². The first-order valence-electron chi connectivity index (χ1n) is 6.85. The van der Waals surface area contributed by atoms with Crippen LogP contribution >= 0.6 is 0 Å². The van der Waals surface area contributed by atoms with E-state index in [-0.39, 0.29) is 0 Å². The van der Waals surface area contributed by atoms with Crippen molar-refractivity contribution in [1.29, 1.82) is 0 Å². The largest absolute Gasteiger partial charge is 0.299 e. The molecule has 6 unspecified atom stereocenters. The Hall–Kier alpha value is -0.330. The Bertz CT molecular complexity index is 308. The Morgan fingerprint density at radius 1 is 0.867 bits per heavy atom. The normalized spacial score (nSPS) is 56.9. The summed E-state index contributed by atoms with van der Waals surface area (Å²) in [6.07, 6.45) is 9.57. The molecule has 0 N–H and O–H groups in total. The lowest BCUT2D eigenvalue weighted by atomic mass is 9.64.